The average molecular weight is 252 g/mol. The minimum absolute atomic E-state index is 0.0996. The Bertz CT molecular complexity index is 534. The van der Waals surface area contributed by atoms with E-state index in [1.165, 1.54) is 12.1 Å². The summed E-state index contributed by atoms with van der Waals surface area (Å²) in [5.74, 6) is -0.457. The lowest BCUT2D eigenvalue weighted by atomic mass is 9.91. The van der Waals surface area contributed by atoms with Gasteiger partial charge >= 0.3 is 0 Å². The zero-order chi connectivity index (χ0) is 13.3. The van der Waals surface area contributed by atoms with E-state index < -0.39 is 21.0 Å². The van der Waals surface area contributed by atoms with E-state index in [-0.39, 0.29) is 9.80 Å². The van der Waals surface area contributed by atoms with Gasteiger partial charge in [-0.15, -0.1) is 0 Å². The van der Waals surface area contributed by atoms with Crippen LogP contribution in [0.15, 0.2) is 46.7 Å². The van der Waals surface area contributed by atoms with Crippen LogP contribution in [0.3, 0.4) is 0 Å². The standard InChI is InChI=1S/C13H16O3S/c1-10(12(14)13(2,3)4)17(15,16)11-8-6-5-7-9-11/h5-9H,1H2,2-4H3. The van der Waals surface area contributed by atoms with Crippen LogP contribution in [0.4, 0.5) is 0 Å². The summed E-state index contributed by atoms with van der Waals surface area (Å²) in [6, 6.07) is 7.85. The summed E-state index contributed by atoms with van der Waals surface area (Å²) in [6.45, 7) is 8.43. The number of benzene rings is 1. The van der Waals surface area contributed by atoms with Gasteiger partial charge in [-0.25, -0.2) is 8.42 Å². The molecule has 92 valence electrons. The van der Waals surface area contributed by atoms with Crippen LogP contribution in [0.1, 0.15) is 20.8 Å². The summed E-state index contributed by atoms with van der Waals surface area (Å²) in [4.78, 5) is 11.7. The lowest BCUT2D eigenvalue weighted by Gasteiger charge is -2.18. The van der Waals surface area contributed by atoms with Gasteiger partial charge in [-0.05, 0) is 12.1 Å². The van der Waals surface area contributed by atoms with Crippen LogP contribution in [0.2, 0.25) is 0 Å². The average Bonchev–Trinajstić information content (AvgIpc) is 2.27. The summed E-state index contributed by atoms with van der Waals surface area (Å²) in [5.41, 5.74) is -0.751. The van der Waals surface area contributed by atoms with Crippen molar-refractivity contribution in [3.05, 3.63) is 41.8 Å². The van der Waals surface area contributed by atoms with Crippen LogP contribution in [0.25, 0.3) is 0 Å². The molecule has 0 aliphatic rings. The van der Waals surface area contributed by atoms with E-state index in [0.29, 0.717) is 0 Å². The van der Waals surface area contributed by atoms with Crippen LogP contribution in [-0.2, 0) is 14.6 Å². The van der Waals surface area contributed by atoms with E-state index in [9.17, 15) is 13.2 Å². The fraction of sp³-hybridized carbons (Fsp3) is 0.308. The van der Waals surface area contributed by atoms with Crippen molar-refractivity contribution in [2.45, 2.75) is 25.7 Å². The molecule has 3 nitrogen and oxygen atoms in total. The third-order valence-electron chi connectivity index (χ3n) is 2.31. The highest BCUT2D eigenvalue weighted by Gasteiger charge is 2.32. The summed E-state index contributed by atoms with van der Waals surface area (Å²) in [5, 5.41) is 0. The van der Waals surface area contributed by atoms with Crippen molar-refractivity contribution >= 4 is 15.6 Å². The molecule has 1 rings (SSSR count). The molecule has 0 heterocycles. The molecule has 0 saturated heterocycles. The van der Waals surface area contributed by atoms with Gasteiger partial charge in [-0.1, -0.05) is 45.5 Å². The molecular formula is C13H16O3S. The smallest absolute Gasteiger partial charge is 0.209 e. The molecule has 0 radical (unpaired) electrons. The van der Waals surface area contributed by atoms with Gasteiger partial charge in [-0.2, -0.15) is 0 Å². The van der Waals surface area contributed by atoms with Crippen molar-refractivity contribution in [1.29, 1.82) is 0 Å². The zero-order valence-electron chi connectivity index (χ0n) is 10.2. The molecule has 0 bridgehead atoms. The van der Waals surface area contributed by atoms with Crippen molar-refractivity contribution in [1.82, 2.24) is 0 Å². The van der Waals surface area contributed by atoms with Gasteiger partial charge in [0, 0.05) is 5.41 Å². The zero-order valence-corrected chi connectivity index (χ0v) is 11.0. The van der Waals surface area contributed by atoms with Crippen LogP contribution >= 0.6 is 0 Å². The topological polar surface area (TPSA) is 51.2 Å². The first-order valence-corrected chi connectivity index (χ1v) is 6.69. The van der Waals surface area contributed by atoms with E-state index in [2.05, 4.69) is 6.58 Å². The largest absolute Gasteiger partial charge is 0.293 e. The third kappa shape index (κ3) is 2.82. The summed E-state index contributed by atoms with van der Waals surface area (Å²) >= 11 is 0. The fourth-order valence-electron chi connectivity index (χ4n) is 1.28. The summed E-state index contributed by atoms with van der Waals surface area (Å²) in [7, 11) is -3.77. The van der Waals surface area contributed by atoms with E-state index in [4.69, 9.17) is 0 Å². The maximum absolute atomic E-state index is 12.1. The number of hydrogen-bond acceptors (Lipinski definition) is 3. The molecular weight excluding hydrogens is 236 g/mol. The van der Waals surface area contributed by atoms with Gasteiger partial charge in [0.1, 0.15) is 4.91 Å². The molecule has 0 N–H and O–H groups in total. The molecule has 0 saturated carbocycles. The predicted octanol–water partition coefficient (Wildman–Crippen LogP) is 2.59. The lowest BCUT2D eigenvalue weighted by molar-refractivity contribution is -0.121. The Kier molecular flexibility index (Phi) is 3.57. The first kappa shape index (κ1) is 13.6. The number of carbonyl (C=O) groups excluding carboxylic acids is 1. The second-order valence-electron chi connectivity index (χ2n) is 4.82. The number of rotatable bonds is 3. The third-order valence-corrected chi connectivity index (χ3v) is 4.04. The first-order chi connectivity index (χ1) is 7.67. The van der Waals surface area contributed by atoms with Crippen molar-refractivity contribution in [2.24, 2.45) is 5.41 Å². The van der Waals surface area contributed by atoms with Crippen LogP contribution in [-0.4, -0.2) is 14.2 Å². The van der Waals surface area contributed by atoms with Gasteiger partial charge < -0.3 is 0 Å². The van der Waals surface area contributed by atoms with Crippen LogP contribution in [0.5, 0.6) is 0 Å². The van der Waals surface area contributed by atoms with Crippen LogP contribution < -0.4 is 0 Å². The minimum atomic E-state index is -3.77. The highest BCUT2D eigenvalue weighted by Crippen LogP contribution is 2.26. The molecule has 0 spiro atoms. The van der Waals surface area contributed by atoms with E-state index >= 15 is 0 Å². The number of hydrogen-bond donors (Lipinski definition) is 0. The molecule has 0 fully saturated rings. The van der Waals surface area contributed by atoms with Gasteiger partial charge in [0.2, 0.25) is 9.84 Å². The Labute approximate surface area is 102 Å². The fourth-order valence-corrected chi connectivity index (χ4v) is 2.63. The Hall–Kier alpha value is -1.42. The Balaban J connectivity index is 3.19. The molecule has 1 aromatic rings. The molecule has 0 amide bonds. The highest BCUT2D eigenvalue weighted by atomic mass is 32.2. The monoisotopic (exact) mass is 252 g/mol. The summed E-state index contributed by atoms with van der Waals surface area (Å²) in [6.07, 6.45) is 0. The quantitative estimate of drug-likeness (QED) is 0.777. The number of sulfone groups is 1. The second kappa shape index (κ2) is 4.45. The molecule has 0 atom stereocenters. The van der Waals surface area contributed by atoms with E-state index in [0.717, 1.165) is 0 Å². The van der Waals surface area contributed by atoms with Crippen molar-refractivity contribution < 1.29 is 13.2 Å². The molecule has 17 heavy (non-hydrogen) atoms. The normalized spacial score (nSPS) is 12.2. The first-order valence-electron chi connectivity index (χ1n) is 5.21. The molecule has 0 aliphatic heterocycles. The minimum Gasteiger partial charge on any atom is -0.293 e. The second-order valence-corrected chi connectivity index (χ2v) is 6.79. The summed E-state index contributed by atoms with van der Waals surface area (Å²) < 4.78 is 24.2. The number of ketones is 1. The van der Waals surface area contributed by atoms with E-state index in [1.54, 1.807) is 39.0 Å². The Morgan fingerprint density at radius 3 is 2.00 bits per heavy atom. The van der Waals surface area contributed by atoms with Crippen molar-refractivity contribution in [3.8, 4) is 0 Å². The van der Waals surface area contributed by atoms with Gasteiger partial charge in [0.25, 0.3) is 0 Å². The molecule has 4 heteroatoms. The Morgan fingerprint density at radius 2 is 1.59 bits per heavy atom. The lowest BCUT2D eigenvalue weighted by Crippen LogP contribution is -2.25. The van der Waals surface area contributed by atoms with E-state index in [1.807, 2.05) is 0 Å². The van der Waals surface area contributed by atoms with Gasteiger partial charge in [0.15, 0.2) is 5.78 Å². The SMILES string of the molecule is C=C(C(=O)C(C)(C)C)S(=O)(=O)c1ccccc1. The maximum atomic E-state index is 12.1. The number of Topliss-reactive ketones (excluding diaryl/α,β-unsaturated/α-hetero) is 1. The number of allylic oxidation sites excluding steroid dienone is 1. The van der Waals surface area contributed by atoms with Crippen molar-refractivity contribution in [2.75, 3.05) is 0 Å². The van der Waals surface area contributed by atoms with Crippen LogP contribution in [0, 0.1) is 5.41 Å². The van der Waals surface area contributed by atoms with Gasteiger partial charge in [0.05, 0.1) is 4.90 Å². The van der Waals surface area contributed by atoms with Crippen molar-refractivity contribution in [3.63, 3.8) is 0 Å². The predicted molar refractivity (Wildman–Crippen MR) is 67.2 cm³/mol. The maximum Gasteiger partial charge on any atom is 0.209 e. The molecule has 0 aliphatic carbocycles. The Morgan fingerprint density at radius 1 is 1.12 bits per heavy atom. The molecule has 0 aromatic heterocycles. The van der Waals surface area contributed by atoms with Gasteiger partial charge in [-0.3, -0.25) is 4.79 Å². The molecule has 1 aromatic carbocycles. The number of carbonyl (C=O) groups is 1. The molecule has 0 unspecified atom stereocenters. The highest BCUT2D eigenvalue weighted by molar-refractivity contribution is 7.96.